The summed E-state index contributed by atoms with van der Waals surface area (Å²) in [6.07, 6.45) is -4.36. The number of methoxy groups -OCH3 is 2. The molecule has 1 N–H and O–H groups in total. The first-order valence-electron chi connectivity index (χ1n) is 12.1. The number of nitrogens with zero attached hydrogens (tertiary/aromatic N) is 2. The molecule has 3 aromatic carbocycles. The highest BCUT2D eigenvalue weighted by molar-refractivity contribution is 8.15. The van der Waals surface area contributed by atoms with Crippen LogP contribution in [0.15, 0.2) is 71.7 Å². The number of nitrogens with one attached hydrogen (secondary N) is 1. The van der Waals surface area contributed by atoms with E-state index in [0.717, 1.165) is 29.5 Å². The number of aliphatic imine (C=N–C) groups is 1. The van der Waals surface area contributed by atoms with E-state index in [2.05, 4.69) is 10.3 Å². The third-order valence-corrected chi connectivity index (χ3v) is 7.20. The lowest BCUT2D eigenvalue weighted by Crippen LogP contribution is -2.46. The van der Waals surface area contributed by atoms with Crippen LogP contribution in [0.2, 0.25) is 0 Å². The van der Waals surface area contributed by atoms with Crippen molar-refractivity contribution in [2.24, 2.45) is 4.99 Å². The van der Waals surface area contributed by atoms with Crippen molar-refractivity contribution in [2.75, 3.05) is 26.1 Å². The lowest BCUT2D eigenvalue weighted by molar-refractivity contribution is -0.137. The smallest absolute Gasteiger partial charge is 0.416 e. The van der Waals surface area contributed by atoms with E-state index in [9.17, 15) is 27.2 Å². The van der Waals surface area contributed by atoms with Crippen LogP contribution in [-0.2, 0) is 22.2 Å². The van der Waals surface area contributed by atoms with Gasteiger partial charge in [-0.2, -0.15) is 13.2 Å². The lowest BCUT2D eigenvalue weighted by Gasteiger charge is -2.32. The lowest BCUT2D eigenvalue weighted by atomic mass is 10.1. The maximum absolute atomic E-state index is 13.3. The number of alkyl halides is 3. The van der Waals surface area contributed by atoms with Crippen LogP contribution in [0.1, 0.15) is 17.5 Å². The molecule has 1 aliphatic heterocycles. The predicted octanol–water partition coefficient (Wildman–Crippen LogP) is 6.06. The number of hydrogen-bond acceptors (Lipinski definition) is 6. The number of rotatable bonds is 8. The van der Waals surface area contributed by atoms with Gasteiger partial charge in [-0.1, -0.05) is 23.9 Å². The van der Waals surface area contributed by atoms with Gasteiger partial charge in [-0.25, -0.2) is 9.38 Å². The number of hydrogen-bond donors (Lipinski definition) is 1. The molecule has 0 radical (unpaired) electrons. The van der Waals surface area contributed by atoms with Crippen LogP contribution in [0.5, 0.6) is 11.5 Å². The van der Waals surface area contributed by atoms with Crippen LogP contribution in [0.4, 0.5) is 28.9 Å². The molecule has 2 amide bonds. The van der Waals surface area contributed by atoms with Gasteiger partial charge in [0, 0.05) is 18.7 Å². The topological polar surface area (TPSA) is 80.2 Å². The molecule has 1 aliphatic rings. The largest absolute Gasteiger partial charge is 0.493 e. The summed E-state index contributed by atoms with van der Waals surface area (Å²) in [5.41, 5.74) is 0.265. The van der Waals surface area contributed by atoms with Crippen molar-refractivity contribution in [3.8, 4) is 11.5 Å². The Kier molecular flexibility index (Phi) is 8.98. The quantitative estimate of drug-likeness (QED) is 0.330. The van der Waals surface area contributed by atoms with Crippen molar-refractivity contribution in [2.45, 2.75) is 24.3 Å². The molecular formula is C28H25F4N3O4S. The molecule has 1 saturated heterocycles. The molecular weight excluding hydrogens is 550 g/mol. The minimum absolute atomic E-state index is 0.0131. The summed E-state index contributed by atoms with van der Waals surface area (Å²) in [4.78, 5) is 32.0. The van der Waals surface area contributed by atoms with Crippen molar-refractivity contribution >= 4 is 40.1 Å². The zero-order valence-corrected chi connectivity index (χ0v) is 22.3. The van der Waals surface area contributed by atoms with Gasteiger partial charge < -0.3 is 14.8 Å². The summed E-state index contributed by atoms with van der Waals surface area (Å²) in [6, 6.07) is 14.9. The molecule has 3 aromatic rings. The van der Waals surface area contributed by atoms with Crippen LogP contribution in [0, 0.1) is 5.82 Å². The highest BCUT2D eigenvalue weighted by atomic mass is 32.2. The molecule has 7 nitrogen and oxygen atoms in total. The highest BCUT2D eigenvalue weighted by Crippen LogP contribution is 2.34. The summed E-state index contributed by atoms with van der Waals surface area (Å²) in [6.45, 7) is 0.158. The number of halogens is 4. The molecule has 4 rings (SSSR count). The Morgan fingerprint density at radius 1 is 1.05 bits per heavy atom. The van der Waals surface area contributed by atoms with Crippen molar-refractivity contribution in [3.63, 3.8) is 0 Å². The zero-order chi connectivity index (χ0) is 28.9. The molecule has 1 heterocycles. The number of carbonyl (C=O) groups is 2. The van der Waals surface area contributed by atoms with Gasteiger partial charge in [0.15, 0.2) is 16.7 Å². The van der Waals surface area contributed by atoms with Gasteiger partial charge in [-0.15, -0.1) is 0 Å². The summed E-state index contributed by atoms with van der Waals surface area (Å²) >= 11 is 0.974. The maximum Gasteiger partial charge on any atom is 0.416 e. The molecule has 0 spiro atoms. The van der Waals surface area contributed by atoms with Crippen LogP contribution < -0.4 is 14.8 Å². The Labute approximate surface area is 232 Å². The van der Waals surface area contributed by atoms with E-state index in [1.54, 1.807) is 12.1 Å². The molecule has 0 aromatic heterocycles. The Hall–Kier alpha value is -4.06. The molecule has 210 valence electrons. The predicted molar refractivity (Wildman–Crippen MR) is 145 cm³/mol. The normalized spacial score (nSPS) is 16.6. The van der Waals surface area contributed by atoms with Crippen LogP contribution in [-0.4, -0.2) is 47.9 Å². The molecule has 1 unspecified atom stereocenters. The van der Waals surface area contributed by atoms with E-state index in [0.29, 0.717) is 23.6 Å². The number of amidine groups is 1. The zero-order valence-electron chi connectivity index (χ0n) is 21.5. The third kappa shape index (κ3) is 7.12. The van der Waals surface area contributed by atoms with Crippen LogP contribution in [0.3, 0.4) is 0 Å². The summed E-state index contributed by atoms with van der Waals surface area (Å²) in [5, 5.41) is 1.83. The minimum atomic E-state index is -4.57. The van der Waals surface area contributed by atoms with Gasteiger partial charge >= 0.3 is 6.18 Å². The van der Waals surface area contributed by atoms with E-state index in [1.165, 1.54) is 55.5 Å². The standard InChI is InChI=1S/C28H25F4N3O4S/c1-38-22-11-6-17(14-23(22)39-2)12-13-35-25(36)16-24(26(37)33-20-9-7-19(29)8-10-20)40-27(35)34-21-5-3-4-18(15-21)28(30,31)32/h3-11,14-15,24H,12-13,16H2,1-2H3,(H,33,37). The average molecular weight is 576 g/mol. The summed E-state index contributed by atoms with van der Waals surface area (Å²) in [5.74, 6) is -0.348. The number of anilines is 1. The van der Waals surface area contributed by atoms with Crippen molar-refractivity contribution in [1.29, 1.82) is 0 Å². The Morgan fingerprint density at radius 2 is 1.77 bits per heavy atom. The fourth-order valence-electron chi connectivity index (χ4n) is 3.96. The second kappa shape index (κ2) is 12.4. The van der Waals surface area contributed by atoms with E-state index < -0.39 is 34.6 Å². The van der Waals surface area contributed by atoms with Gasteiger partial charge in [0.1, 0.15) is 11.1 Å². The van der Waals surface area contributed by atoms with Crippen LogP contribution in [0.25, 0.3) is 0 Å². The maximum atomic E-state index is 13.3. The number of ether oxygens (including phenoxy) is 2. The molecule has 40 heavy (non-hydrogen) atoms. The molecule has 12 heteroatoms. The summed E-state index contributed by atoms with van der Waals surface area (Å²) in [7, 11) is 3.02. The highest BCUT2D eigenvalue weighted by Gasteiger charge is 2.36. The Morgan fingerprint density at radius 3 is 2.45 bits per heavy atom. The summed E-state index contributed by atoms with van der Waals surface area (Å²) < 4.78 is 63.7. The van der Waals surface area contributed by atoms with E-state index in [1.807, 2.05) is 6.07 Å². The first-order chi connectivity index (χ1) is 19.1. The number of carbonyl (C=O) groups excluding carboxylic acids is 2. The SMILES string of the molecule is COc1ccc(CCN2C(=O)CC(C(=O)Nc3ccc(F)cc3)SC2=Nc2cccc(C(F)(F)F)c2)cc1OC. The fraction of sp³-hybridized carbons (Fsp3) is 0.250. The molecule has 0 aliphatic carbocycles. The molecule has 1 fully saturated rings. The third-order valence-electron chi connectivity index (χ3n) is 6.01. The van der Waals surface area contributed by atoms with Gasteiger partial charge in [0.05, 0.1) is 25.5 Å². The Balaban J connectivity index is 1.60. The monoisotopic (exact) mass is 575 g/mol. The van der Waals surface area contributed by atoms with Crippen LogP contribution >= 0.6 is 11.8 Å². The van der Waals surface area contributed by atoms with E-state index in [-0.39, 0.29) is 23.8 Å². The second-order valence-corrected chi connectivity index (χ2v) is 9.90. The number of thioether (sulfide) groups is 1. The van der Waals surface area contributed by atoms with Gasteiger partial charge in [-0.05, 0) is 66.6 Å². The average Bonchev–Trinajstić information content (AvgIpc) is 2.93. The van der Waals surface area contributed by atoms with Gasteiger partial charge in [0.25, 0.3) is 0 Å². The fourth-order valence-corrected chi connectivity index (χ4v) is 5.08. The first kappa shape index (κ1) is 28.9. The molecule has 0 saturated carbocycles. The van der Waals surface area contributed by atoms with Crippen molar-refractivity contribution < 1.29 is 36.6 Å². The van der Waals surface area contributed by atoms with Gasteiger partial charge in [-0.3, -0.25) is 14.5 Å². The van der Waals surface area contributed by atoms with Gasteiger partial charge in [0.2, 0.25) is 11.8 Å². The number of amides is 2. The van der Waals surface area contributed by atoms with E-state index in [4.69, 9.17) is 9.47 Å². The minimum Gasteiger partial charge on any atom is -0.493 e. The van der Waals surface area contributed by atoms with Crippen molar-refractivity contribution in [3.05, 3.63) is 83.7 Å². The molecule has 0 bridgehead atoms. The number of benzene rings is 3. The van der Waals surface area contributed by atoms with E-state index >= 15 is 0 Å². The second-order valence-electron chi connectivity index (χ2n) is 8.73. The van der Waals surface area contributed by atoms with Crippen molar-refractivity contribution in [1.82, 2.24) is 4.90 Å². The Bertz CT molecular complexity index is 1410. The molecule has 1 atom stereocenters. The first-order valence-corrected chi connectivity index (χ1v) is 13.0.